The van der Waals surface area contributed by atoms with Crippen LogP contribution in [0.25, 0.3) is 0 Å². The van der Waals surface area contributed by atoms with Gasteiger partial charge in [-0.05, 0) is 52.4 Å². The van der Waals surface area contributed by atoms with E-state index in [-0.39, 0.29) is 40.2 Å². The number of nitro benzene ring substituents is 4. The molecule has 23 heteroatoms. The van der Waals surface area contributed by atoms with Crippen molar-refractivity contribution in [1.29, 1.82) is 0 Å². The van der Waals surface area contributed by atoms with Gasteiger partial charge in [0.15, 0.2) is 22.9 Å². The molecule has 2 aliphatic heterocycles. The lowest BCUT2D eigenvalue weighted by atomic mass is 9.57. The number of methoxy groups -OCH3 is 1. The maximum absolute atomic E-state index is 14.7. The van der Waals surface area contributed by atoms with Crippen molar-refractivity contribution in [1.82, 2.24) is 0 Å². The fourth-order valence-corrected chi connectivity index (χ4v) is 9.77. The second-order valence-electron chi connectivity index (χ2n) is 15.1. The highest BCUT2D eigenvalue weighted by Crippen LogP contribution is 2.60. The highest BCUT2D eigenvalue weighted by atomic mass is 79.9. The molecule has 312 valence electrons. The van der Waals surface area contributed by atoms with Crippen LogP contribution in [0.15, 0.2) is 52.5 Å². The minimum Gasteiger partial charge on any atom is -0.503 e. The predicted octanol–water partition coefficient (Wildman–Crippen LogP) is 4.97. The first-order chi connectivity index (χ1) is 28.2. The molecule has 0 aromatic heterocycles. The summed E-state index contributed by atoms with van der Waals surface area (Å²) in [4.78, 5) is 107. The molecule has 3 aromatic carbocycles. The number of phenolic OH excluding ortho intramolecular Hbond substituents is 1. The Morgan fingerprint density at radius 2 is 1.10 bits per heavy atom. The van der Waals surface area contributed by atoms with E-state index in [1.54, 1.807) is 6.08 Å². The smallest absolute Gasteiger partial charge is 0.301 e. The molecular weight excluding hydrogens is 860 g/mol. The van der Waals surface area contributed by atoms with Gasteiger partial charge >= 0.3 is 22.7 Å². The quantitative estimate of drug-likeness (QED) is 0.122. The summed E-state index contributed by atoms with van der Waals surface area (Å²) in [5.74, 6) is -10.6. The number of nitro groups is 4. The number of allylic oxidation sites excluding steroid dienone is 2. The Morgan fingerprint density at radius 1 is 0.667 bits per heavy atom. The average Bonchev–Trinajstić information content (AvgIpc) is 3.59. The lowest BCUT2D eigenvalue weighted by Crippen LogP contribution is -2.43. The summed E-state index contributed by atoms with van der Waals surface area (Å²) in [5.41, 5.74) is -3.81. The minimum atomic E-state index is -1.27. The molecule has 4 aliphatic rings. The average molecular weight is 894 g/mol. The summed E-state index contributed by atoms with van der Waals surface area (Å²) in [6.45, 7) is 0. The van der Waals surface area contributed by atoms with Gasteiger partial charge in [-0.1, -0.05) is 11.6 Å². The highest BCUT2D eigenvalue weighted by molar-refractivity contribution is 9.10. The number of ether oxygens (including phenoxy) is 1. The topological polar surface area (TPSA) is 283 Å². The number of amides is 4. The number of rotatable bonds is 10. The fourth-order valence-electron chi connectivity index (χ4n) is 9.31. The standard InChI is InChI=1S/C37H33BrN8O14/c1-39(2)31-23(43(52)53)10-16(11-24(31)44(54)55)41-34(48)19-7-6-18-20(29(19)36(41)50)14-21-30(28(18)15-8-22(38)33(47)27(9-15)60-5)37(51)42(35(21)49)17-12-25(45(56)57)32(40(3)4)26(13-17)46(58)59/h6,8-13,19-21,28-30,47H,7,14H2,1-5H3. The summed E-state index contributed by atoms with van der Waals surface area (Å²) >= 11 is 3.30. The molecular formula is C37H33BrN8O14. The number of aromatic hydroxyl groups is 1. The van der Waals surface area contributed by atoms with E-state index in [0.717, 1.165) is 34.1 Å². The van der Waals surface area contributed by atoms with Crippen LogP contribution in [0.2, 0.25) is 0 Å². The summed E-state index contributed by atoms with van der Waals surface area (Å²) in [6, 6.07) is 6.50. The molecule has 0 radical (unpaired) electrons. The largest absolute Gasteiger partial charge is 0.503 e. The Balaban J connectivity index is 1.39. The van der Waals surface area contributed by atoms with Gasteiger partial charge in [-0.2, -0.15) is 0 Å². The Hall–Kier alpha value is -7.04. The van der Waals surface area contributed by atoms with Gasteiger partial charge in [0, 0.05) is 58.4 Å². The SMILES string of the molecule is COc1cc(C2C3=CCC4C(=O)N(c5cc([N+](=O)[O-])c(N(C)C)c([N+](=O)[O-])c5)C(=O)C4C3CC3C(=O)N(c4cc([N+](=O)[O-])c(N(C)C)c([N+](=O)[O-])c4)C(=O)C32)cc(Br)c1O. The third-order valence-electron chi connectivity index (χ3n) is 11.6. The number of anilines is 4. The lowest BCUT2D eigenvalue weighted by Gasteiger charge is -2.44. The summed E-state index contributed by atoms with van der Waals surface area (Å²) < 4.78 is 5.52. The molecule has 0 spiro atoms. The van der Waals surface area contributed by atoms with Crippen molar-refractivity contribution in [2.24, 2.45) is 29.6 Å². The molecule has 7 rings (SSSR count). The molecule has 3 fully saturated rings. The molecule has 3 aromatic rings. The zero-order valence-electron chi connectivity index (χ0n) is 32.1. The van der Waals surface area contributed by atoms with Gasteiger partial charge in [0.2, 0.25) is 23.6 Å². The second kappa shape index (κ2) is 14.7. The first-order valence-electron chi connectivity index (χ1n) is 18.0. The van der Waals surface area contributed by atoms with Crippen molar-refractivity contribution in [3.05, 3.63) is 98.5 Å². The van der Waals surface area contributed by atoms with Crippen LogP contribution in [0.5, 0.6) is 11.5 Å². The summed E-state index contributed by atoms with van der Waals surface area (Å²) in [5, 5.41) is 59.5. The molecule has 1 N–H and O–H groups in total. The molecule has 2 heterocycles. The number of hydrogen-bond donors (Lipinski definition) is 1. The van der Waals surface area contributed by atoms with Crippen molar-refractivity contribution in [3.63, 3.8) is 0 Å². The Morgan fingerprint density at radius 3 is 1.52 bits per heavy atom. The van der Waals surface area contributed by atoms with Gasteiger partial charge in [-0.15, -0.1) is 0 Å². The predicted molar refractivity (Wildman–Crippen MR) is 213 cm³/mol. The van der Waals surface area contributed by atoms with Crippen LogP contribution in [0, 0.1) is 70.0 Å². The first-order valence-corrected chi connectivity index (χ1v) is 18.8. The van der Waals surface area contributed by atoms with E-state index in [1.165, 1.54) is 47.4 Å². The van der Waals surface area contributed by atoms with Crippen LogP contribution in [-0.4, -0.2) is 83.7 Å². The van der Waals surface area contributed by atoms with Crippen molar-refractivity contribution >= 4 is 85.1 Å². The van der Waals surface area contributed by atoms with Crippen LogP contribution in [0.1, 0.15) is 24.3 Å². The molecule has 60 heavy (non-hydrogen) atoms. The van der Waals surface area contributed by atoms with Gasteiger partial charge in [-0.3, -0.25) is 59.6 Å². The number of nitrogens with zero attached hydrogens (tertiary/aromatic N) is 8. The number of fused-ring (bicyclic) bond motifs is 4. The van der Waals surface area contributed by atoms with Crippen LogP contribution in [-0.2, 0) is 19.2 Å². The van der Waals surface area contributed by atoms with E-state index < -0.39 is 113 Å². The van der Waals surface area contributed by atoms with Gasteiger partial charge in [0.05, 0.1) is 66.3 Å². The Kier molecular flexibility index (Phi) is 10.0. The van der Waals surface area contributed by atoms with Crippen LogP contribution in [0.4, 0.5) is 45.5 Å². The van der Waals surface area contributed by atoms with E-state index in [9.17, 15) is 64.7 Å². The van der Waals surface area contributed by atoms with E-state index in [2.05, 4.69) is 15.9 Å². The van der Waals surface area contributed by atoms with E-state index in [1.807, 2.05) is 0 Å². The summed E-state index contributed by atoms with van der Waals surface area (Å²) in [7, 11) is 6.70. The number of halogens is 1. The fraction of sp³-hybridized carbons (Fsp3) is 0.351. The van der Waals surface area contributed by atoms with Crippen molar-refractivity contribution in [2.75, 3.05) is 54.9 Å². The zero-order valence-corrected chi connectivity index (χ0v) is 33.7. The number of phenols is 1. The number of carbonyl (C=O) groups is 4. The molecule has 2 saturated heterocycles. The Labute approximate surface area is 346 Å². The van der Waals surface area contributed by atoms with Gasteiger partial charge < -0.3 is 19.6 Å². The molecule has 2 aliphatic carbocycles. The van der Waals surface area contributed by atoms with Gasteiger partial charge in [-0.25, -0.2) is 9.80 Å². The van der Waals surface area contributed by atoms with Crippen molar-refractivity contribution in [3.8, 4) is 11.5 Å². The van der Waals surface area contributed by atoms with Crippen LogP contribution in [0.3, 0.4) is 0 Å². The van der Waals surface area contributed by atoms with Gasteiger partial charge in [0.1, 0.15) is 0 Å². The normalized spacial score (nSPS) is 23.1. The third kappa shape index (κ3) is 6.14. The first kappa shape index (κ1) is 41.1. The molecule has 0 bridgehead atoms. The molecule has 6 unspecified atom stereocenters. The molecule has 1 saturated carbocycles. The number of benzene rings is 3. The monoisotopic (exact) mass is 892 g/mol. The number of imide groups is 2. The van der Waals surface area contributed by atoms with Crippen molar-refractivity contribution < 1.29 is 48.7 Å². The van der Waals surface area contributed by atoms with E-state index in [0.29, 0.717) is 20.9 Å². The van der Waals surface area contributed by atoms with Crippen LogP contribution < -0.4 is 24.3 Å². The maximum atomic E-state index is 14.7. The van der Waals surface area contributed by atoms with Crippen LogP contribution >= 0.6 is 15.9 Å². The van der Waals surface area contributed by atoms with E-state index in [4.69, 9.17) is 4.74 Å². The lowest BCUT2D eigenvalue weighted by molar-refractivity contribution is -0.392. The van der Waals surface area contributed by atoms with Gasteiger partial charge in [0.25, 0.3) is 0 Å². The maximum Gasteiger partial charge on any atom is 0.301 e. The number of carbonyl (C=O) groups excluding carboxylic acids is 4. The summed E-state index contributed by atoms with van der Waals surface area (Å²) in [6.07, 6.45) is 1.35. The molecule has 4 amide bonds. The Bertz CT molecular complexity index is 2470. The minimum absolute atomic E-state index is 0.0332. The zero-order chi connectivity index (χ0) is 44.0. The molecule has 6 atom stereocenters. The number of hydrogen-bond acceptors (Lipinski definition) is 16. The van der Waals surface area contributed by atoms with Crippen molar-refractivity contribution in [2.45, 2.75) is 18.8 Å². The second-order valence-corrected chi connectivity index (χ2v) is 15.9. The third-order valence-corrected chi connectivity index (χ3v) is 12.2. The highest BCUT2D eigenvalue weighted by Gasteiger charge is 2.63. The van der Waals surface area contributed by atoms with E-state index >= 15 is 0 Å². The molecule has 22 nitrogen and oxygen atoms in total.